The highest BCUT2D eigenvalue weighted by Crippen LogP contribution is 2.13. The van der Waals surface area contributed by atoms with Gasteiger partial charge < -0.3 is 5.32 Å². The third-order valence-electron chi connectivity index (χ3n) is 2.03. The first kappa shape index (κ1) is 10.2. The van der Waals surface area contributed by atoms with Gasteiger partial charge in [-0.3, -0.25) is 9.69 Å². The highest BCUT2D eigenvalue weighted by molar-refractivity contribution is 7.80. The molecular weight excluding hydrogens is 184 g/mol. The maximum absolute atomic E-state index is 11.7. The molecule has 1 N–H and O–H groups in total. The van der Waals surface area contributed by atoms with E-state index in [4.69, 9.17) is 12.2 Å². The normalized spacial score (nSPS) is 22.4. The Morgan fingerprint density at radius 2 is 2.38 bits per heavy atom. The Labute approximate surface area is 83.8 Å². The molecule has 1 rings (SSSR count). The van der Waals surface area contributed by atoms with Gasteiger partial charge in [0.25, 0.3) is 5.91 Å². The van der Waals surface area contributed by atoms with Crippen LogP contribution >= 0.6 is 12.2 Å². The molecule has 1 fully saturated rings. The monoisotopic (exact) mass is 198 g/mol. The minimum atomic E-state index is -0.160. The van der Waals surface area contributed by atoms with E-state index >= 15 is 0 Å². The molecule has 3 nitrogen and oxygen atoms in total. The second kappa shape index (κ2) is 3.87. The van der Waals surface area contributed by atoms with Gasteiger partial charge >= 0.3 is 0 Å². The molecule has 0 bridgehead atoms. The Morgan fingerprint density at radius 1 is 1.77 bits per heavy atom. The van der Waals surface area contributed by atoms with Crippen LogP contribution in [0.25, 0.3) is 0 Å². The van der Waals surface area contributed by atoms with E-state index in [9.17, 15) is 4.79 Å². The quantitative estimate of drug-likeness (QED) is 0.540. The number of thiocarbonyl (C=S) groups is 1. The second-order valence-corrected chi connectivity index (χ2v) is 3.80. The van der Waals surface area contributed by atoms with Crippen LogP contribution in [-0.2, 0) is 4.79 Å². The SMILES string of the molecule is C=CCN1C(=O)C(C(C)C)NC1=S. The molecule has 0 aromatic carbocycles. The standard InChI is InChI=1S/C9H14N2OS/c1-4-5-11-8(12)7(6(2)3)10-9(11)13/h4,6-7H,1,5H2,2-3H3,(H,10,13). The smallest absolute Gasteiger partial charge is 0.251 e. The van der Waals surface area contributed by atoms with Crippen molar-refractivity contribution in [3.63, 3.8) is 0 Å². The molecule has 0 aromatic rings. The van der Waals surface area contributed by atoms with E-state index in [1.165, 1.54) is 0 Å². The Morgan fingerprint density at radius 3 is 2.77 bits per heavy atom. The van der Waals surface area contributed by atoms with Gasteiger partial charge in [-0.05, 0) is 18.1 Å². The van der Waals surface area contributed by atoms with Crippen LogP contribution in [0.5, 0.6) is 0 Å². The molecular formula is C9H14N2OS. The minimum absolute atomic E-state index is 0.0555. The van der Waals surface area contributed by atoms with E-state index in [1.807, 2.05) is 13.8 Å². The van der Waals surface area contributed by atoms with Crippen molar-refractivity contribution in [1.29, 1.82) is 0 Å². The number of hydrogen-bond donors (Lipinski definition) is 1. The second-order valence-electron chi connectivity index (χ2n) is 3.41. The van der Waals surface area contributed by atoms with Crippen molar-refractivity contribution >= 4 is 23.2 Å². The molecule has 0 saturated carbocycles. The molecule has 0 aliphatic carbocycles. The number of hydrogen-bond acceptors (Lipinski definition) is 2. The van der Waals surface area contributed by atoms with Gasteiger partial charge in [0.15, 0.2) is 5.11 Å². The number of amides is 1. The van der Waals surface area contributed by atoms with Crippen LogP contribution in [0.15, 0.2) is 12.7 Å². The Hall–Kier alpha value is -0.900. The van der Waals surface area contributed by atoms with E-state index in [-0.39, 0.29) is 17.9 Å². The van der Waals surface area contributed by atoms with Gasteiger partial charge in [-0.25, -0.2) is 0 Å². The molecule has 4 heteroatoms. The Balaban J connectivity index is 2.75. The predicted octanol–water partition coefficient (Wildman–Crippen LogP) is 0.914. The Kier molecular flexibility index (Phi) is 3.03. The average Bonchev–Trinajstić information content (AvgIpc) is 2.32. The lowest BCUT2D eigenvalue weighted by Crippen LogP contribution is -2.34. The highest BCUT2D eigenvalue weighted by atomic mass is 32.1. The molecule has 1 heterocycles. The molecule has 0 spiro atoms. The molecule has 0 aromatic heterocycles. The van der Waals surface area contributed by atoms with Gasteiger partial charge in [0, 0.05) is 6.54 Å². The summed E-state index contributed by atoms with van der Waals surface area (Å²) in [6.07, 6.45) is 1.68. The third kappa shape index (κ3) is 1.88. The minimum Gasteiger partial charge on any atom is -0.350 e. The molecule has 1 saturated heterocycles. The summed E-state index contributed by atoms with van der Waals surface area (Å²) in [5, 5.41) is 3.52. The van der Waals surface area contributed by atoms with Crippen molar-refractivity contribution in [2.75, 3.05) is 6.54 Å². The van der Waals surface area contributed by atoms with Gasteiger partial charge in [0.2, 0.25) is 0 Å². The van der Waals surface area contributed by atoms with Crippen LogP contribution in [0.2, 0.25) is 0 Å². The first-order valence-electron chi connectivity index (χ1n) is 4.30. The molecule has 72 valence electrons. The molecule has 13 heavy (non-hydrogen) atoms. The van der Waals surface area contributed by atoms with E-state index in [0.717, 1.165) is 0 Å². The van der Waals surface area contributed by atoms with Crippen LogP contribution in [0, 0.1) is 5.92 Å². The van der Waals surface area contributed by atoms with E-state index in [2.05, 4.69) is 11.9 Å². The molecule has 1 unspecified atom stereocenters. The van der Waals surface area contributed by atoms with Gasteiger partial charge in [0.1, 0.15) is 6.04 Å². The number of rotatable bonds is 3. The van der Waals surface area contributed by atoms with E-state index in [1.54, 1.807) is 11.0 Å². The van der Waals surface area contributed by atoms with Crippen LogP contribution in [0.3, 0.4) is 0 Å². The zero-order valence-electron chi connectivity index (χ0n) is 7.91. The average molecular weight is 198 g/mol. The lowest BCUT2D eigenvalue weighted by molar-refractivity contribution is -0.127. The fraction of sp³-hybridized carbons (Fsp3) is 0.556. The molecule has 1 amide bonds. The maximum Gasteiger partial charge on any atom is 0.251 e. The van der Waals surface area contributed by atoms with Gasteiger partial charge in [-0.1, -0.05) is 19.9 Å². The molecule has 0 radical (unpaired) electrons. The summed E-state index contributed by atoms with van der Waals surface area (Å²) < 4.78 is 0. The highest BCUT2D eigenvalue weighted by Gasteiger charge is 2.36. The lowest BCUT2D eigenvalue weighted by Gasteiger charge is -2.13. The number of carbonyl (C=O) groups excluding carboxylic acids is 1. The van der Waals surface area contributed by atoms with E-state index < -0.39 is 0 Å². The summed E-state index contributed by atoms with van der Waals surface area (Å²) in [4.78, 5) is 13.2. The molecule has 1 aliphatic heterocycles. The summed E-state index contributed by atoms with van der Waals surface area (Å²) in [6, 6.07) is -0.160. The fourth-order valence-corrected chi connectivity index (χ4v) is 1.59. The lowest BCUT2D eigenvalue weighted by atomic mass is 10.1. The zero-order valence-corrected chi connectivity index (χ0v) is 8.73. The first-order valence-corrected chi connectivity index (χ1v) is 4.71. The summed E-state index contributed by atoms with van der Waals surface area (Å²) >= 11 is 5.03. The summed E-state index contributed by atoms with van der Waals surface area (Å²) in [5.41, 5.74) is 0. The third-order valence-corrected chi connectivity index (χ3v) is 2.37. The number of nitrogens with one attached hydrogen (secondary N) is 1. The summed E-state index contributed by atoms with van der Waals surface area (Å²) in [5.74, 6) is 0.320. The first-order chi connectivity index (χ1) is 6.07. The number of carbonyl (C=O) groups is 1. The van der Waals surface area contributed by atoms with Crippen molar-refractivity contribution in [1.82, 2.24) is 10.2 Å². The van der Waals surface area contributed by atoms with Crippen molar-refractivity contribution in [2.24, 2.45) is 5.92 Å². The predicted molar refractivity (Wildman–Crippen MR) is 56.3 cm³/mol. The Bertz CT molecular complexity index is 250. The summed E-state index contributed by atoms with van der Waals surface area (Å²) in [6.45, 7) is 8.07. The molecule has 1 atom stereocenters. The van der Waals surface area contributed by atoms with Crippen molar-refractivity contribution in [3.05, 3.63) is 12.7 Å². The van der Waals surface area contributed by atoms with Crippen molar-refractivity contribution in [2.45, 2.75) is 19.9 Å². The molecule has 1 aliphatic rings. The van der Waals surface area contributed by atoms with Crippen LogP contribution < -0.4 is 5.32 Å². The van der Waals surface area contributed by atoms with Gasteiger partial charge in [0.05, 0.1) is 0 Å². The zero-order chi connectivity index (χ0) is 10.0. The van der Waals surface area contributed by atoms with Crippen LogP contribution in [-0.4, -0.2) is 28.5 Å². The van der Waals surface area contributed by atoms with Gasteiger partial charge in [-0.15, -0.1) is 6.58 Å². The van der Waals surface area contributed by atoms with E-state index in [0.29, 0.717) is 11.7 Å². The van der Waals surface area contributed by atoms with Crippen LogP contribution in [0.1, 0.15) is 13.8 Å². The van der Waals surface area contributed by atoms with Gasteiger partial charge in [-0.2, -0.15) is 0 Å². The largest absolute Gasteiger partial charge is 0.350 e. The fourth-order valence-electron chi connectivity index (χ4n) is 1.29. The van der Waals surface area contributed by atoms with Crippen molar-refractivity contribution in [3.8, 4) is 0 Å². The summed E-state index contributed by atoms with van der Waals surface area (Å²) in [7, 11) is 0. The van der Waals surface area contributed by atoms with Crippen molar-refractivity contribution < 1.29 is 4.79 Å². The van der Waals surface area contributed by atoms with Crippen LogP contribution in [0.4, 0.5) is 0 Å². The topological polar surface area (TPSA) is 32.3 Å². The maximum atomic E-state index is 11.7. The number of nitrogens with zero attached hydrogens (tertiary/aromatic N) is 1.